The van der Waals surface area contributed by atoms with Gasteiger partial charge in [0.2, 0.25) is 23.6 Å². The molecule has 2 aromatic rings. The summed E-state index contributed by atoms with van der Waals surface area (Å²) >= 11 is 1.61. The number of amides is 4. The van der Waals surface area contributed by atoms with Crippen LogP contribution in [0.3, 0.4) is 0 Å². The van der Waals surface area contributed by atoms with E-state index in [4.69, 9.17) is 9.47 Å². The molecule has 52 heavy (non-hydrogen) atoms. The van der Waals surface area contributed by atoms with Crippen molar-refractivity contribution in [3.05, 3.63) is 59.7 Å². The van der Waals surface area contributed by atoms with Crippen molar-refractivity contribution in [2.75, 3.05) is 39.7 Å². The number of carbonyl (C=O) groups excluding carboxylic acids is 8. The predicted octanol–water partition coefficient (Wildman–Crippen LogP) is 4.56. The van der Waals surface area contributed by atoms with Crippen molar-refractivity contribution in [1.29, 1.82) is 0 Å². The average molecular weight is 765 g/mol. The van der Waals surface area contributed by atoms with Gasteiger partial charge >= 0.3 is 10.6 Å². The number of ketones is 2. The molecule has 0 bridgehead atoms. The Hall–Kier alpha value is -4.70. The lowest BCUT2D eigenvalue weighted by molar-refractivity contribution is -0.133. The highest BCUT2D eigenvalue weighted by Gasteiger charge is 2.24. The van der Waals surface area contributed by atoms with Crippen LogP contribution in [-0.2, 0) is 41.6 Å². The van der Waals surface area contributed by atoms with Crippen molar-refractivity contribution in [2.24, 2.45) is 0 Å². The maximum absolute atomic E-state index is 12.0. The van der Waals surface area contributed by atoms with Crippen molar-refractivity contribution in [1.82, 2.24) is 20.4 Å². The summed E-state index contributed by atoms with van der Waals surface area (Å²) in [7, 11) is 6.29. The molecule has 0 aliphatic carbocycles. The van der Waals surface area contributed by atoms with E-state index in [9.17, 15) is 38.4 Å². The second-order valence-corrected chi connectivity index (χ2v) is 13.3. The molecular formula is C36H52N4O10S2. The molecule has 0 aromatic heterocycles. The highest BCUT2D eigenvalue weighted by molar-refractivity contribution is 8.13. The Morgan fingerprint density at radius 3 is 1.08 bits per heavy atom. The number of ether oxygens (including phenoxy) is 2. The molecular weight excluding hydrogens is 713 g/mol. The van der Waals surface area contributed by atoms with Crippen LogP contribution in [0.25, 0.3) is 0 Å². The smallest absolute Gasteiger partial charge is 0.372 e. The van der Waals surface area contributed by atoms with Crippen LogP contribution in [0, 0.1) is 0 Å². The number of likely N-dealkylation sites (N-methyl/N-ethyl adjacent to an activating group) is 2. The van der Waals surface area contributed by atoms with E-state index in [0.29, 0.717) is 24.3 Å². The molecule has 16 heteroatoms. The van der Waals surface area contributed by atoms with Gasteiger partial charge in [-0.3, -0.25) is 28.8 Å². The van der Waals surface area contributed by atoms with E-state index in [1.165, 1.54) is 37.5 Å². The first-order chi connectivity index (χ1) is 23.4. The number of hydrogen-bond acceptors (Lipinski definition) is 12. The minimum Gasteiger partial charge on any atom is -0.418 e. The van der Waals surface area contributed by atoms with E-state index < -0.39 is 22.7 Å². The zero-order chi connectivity index (χ0) is 38.0. The van der Waals surface area contributed by atoms with Gasteiger partial charge in [0.05, 0.1) is 0 Å². The fourth-order valence-corrected chi connectivity index (χ4v) is 5.31. The van der Waals surface area contributed by atoms with E-state index >= 15 is 0 Å². The van der Waals surface area contributed by atoms with Gasteiger partial charge < -0.3 is 29.9 Å². The lowest BCUT2D eigenvalue weighted by Crippen LogP contribution is -2.47. The van der Waals surface area contributed by atoms with Crippen LogP contribution in [0.1, 0.15) is 53.7 Å². The Morgan fingerprint density at radius 1 is 0.558 bits per heavy atom. The van der Waals surface area contributed by atoms with E-state index in [2.05, 4.69) is 10.6 Å². The zero-order valence-corrected chi connectivity index (χ0v) is 31.0. The maximum atomic E-state index is 12.0. The van der Waals surface area contributed by atoms with Crippen molar-refractivity contribution < 1.29 is 47.8 Å². The third kappa shape index (κ3) is 20.8. The summed E-state index contributed by atoms with van der Waals surface area (Å²) in [5, 5.41) is 3.87. The summed E-state index contributed by atoms with van der Waals surface area (Å²) in [6.45, 7) is 5.62. The molecule has 2 rings (SSSR count). The third-order valence-electron chi connectivity index (χ3n) is 6.12. The number of carbonyl (C=O) groups is 8. The van der Waals surface area contributed by atoms with Crippen LogP contribution >= 0.6 is 23.5 Å². The molecule has 0 saturated carbocycles. The third-order valence-corrected chi connectivity index (χ3v) is 7.76. The Bertz CT molecular complexity index is 1400. The SMILES string of the molecule is C.C.CC(=O)Cc1ccc(OC(=O)SC[C@@H](NC(C)=O)C(=O)N(C)C)cc1.CC(=O)Cc1ccc(OC(=O)SC[C@H](NC(C)=O)C(=O)N(C)C)cc1. The minimum atomic E-state index is -0.803. The van der Waals surface area contributed by atoms with Crippen molar-refractivity contribution in [3.8, 4) is 11.5 Å². The predicted molar refractivity (Wildman–Crippen MR) is 205 cm³/mol. The number of hydrogen-bond donors (Lipinski definition) is 2. The number of Topliss-reactive ketones (excluding diaryl/α,β-unsaturated/α-hetero) is 2. The van der Waals surface area contributed by atoms with Gasteiger partial charge in [-0.05, 0) is 72.8 Å². The van der Waals surface area contributed by atoms with E-state index in [1.54, 1.807) is 76.7 Å². The molecule has 0 spiro atoms. The normalized spacial score (nSPS) is 10.9. The molecule has 0 aliphatic heterocycles. The second kappa shape index (κ2) is 25.3. The molecule has 14 nitrogen and oxygen atoms in total. The molecule has 0 saturated heterocycles. The van der Waals surface area contributed by atoms with E-state index in [1.807, 2.05) is 0 Å². The quantitative estimate of drug-likeness (QED) is 0.256. The van der Waals surface area contributed by atoms with Gasteiger partial charge in [0.15, 0.2) is 0 Å². The Kier molecular flexibility index (Phi) is 24.0. The van der Waals surface area contributed by atoms with Crippen LogP contribution in [0.5, 0.6) is 11.5 Å². The van der Waals surface area contributed by atoms with Crippen LogP contribution in [0.4, 0.5) is 9.59 Å². The molecule has 2 atom stereocenters. The van der Waals surface area contributed by atoms with Crippen LogP contribution in [0.2, 0.25) is 0 Å². The summed E-state index contributed by atoms with van der Waals surface area (Å²) in [4.78, 5) is 95.0. The minimum absolute atomic E-state index is 0. The zero-order valence-electron chi connectivity index (χ0n) is 29.4. The number of benzene rings is 2. The molecule has 2 aromatic carbocycles. The largest absolute Gasteiger partial charge is 0.418 e. The fraction of sp³-hybridized carbons (Fsp3) is 0.444. The highest BCUT2D eigenvalue weighted by atomic mass is 32.2. The molecule has 0 aliphatic rings. The molecule has 0 fully saturated rings. The summed E-state index contributed by atoms with van der Waals surface area (Å²) < 4.78 is 10.3. The highest BCUT2D eigenvalue weighted by Crippen LogP contribution is 2.19. The Labute approximate surface area is 315 Å². The summed E-state index contributed by atoms with van der Waals surface area (Å²) in [5.74, 6) is -0.376. The number of thioether (sulfide) groups is 2. The second-order valence-electron chi connectivity index (χ2n) is 11.3. The molecule has 0 radical (unpaired) electrons. The molecule has 4 amide bonds. The lowest BCUT2D eigenvalue weighted by atomic mass is 10.1. The van der Waals surface area contributed by atoms with Gasteiger partial charge in [-0.1, -0.05) is 39.1 Å². The van der Waals surface area contributed by atoms with Crippen molar-refractivity contribution in [3.63, 3.8) is 0 Å². The van der Waals surface area contributed by atoms with Gasteiger partial charge in [0, 0.05) is 66.4 Å². The number of nitrogens with one attached hydrogen (secondary N) is 2. The monoisotopic (exact) mass is 764 g/mol. The first kappa shape index (κ1) is 49.4. The Morgan fingerprint density at radius 2 is 0.846 bits per heavy atom. The van der Waals surface area contributed by atoms with Gasteiger partial charge in [0.1, 0.15) is 35.1 Å². The average Bonchev–Trinajstić information content (AvgIpc) is 3.01. The Balaban J connectivity index is 0. The first-order valence-corrected chi connectivity index (χ1v) is 17.2. The standard InChI is InChI=1S/2C17H22N2O5S.2CH4/c2*1-11(20)9-13-5-7-14(8-6-13)24-17(23)25-10-15(18-12(2)21)16(22)19(3)4;;/h2*5-8,15H,9-10H2,1-4H3,(H,18,21);2*1H4/t2*15-;;/m10../s1. The summed E-state index contributed by atoms with van der Waals surface area (Å²) in [6, 6.07) is 11.7. The number of nitrogens with zero attached hydrogens (tertiary/aromatic N) is 2. The summed E-state index contributed by atoms with van der Waals surface area (Å²) in [5.41, 5.74) is 1.67. The van der Waals surface area contributed by atoms with Crippen molar-refractivity contribution in [2.45, 2.75) is 67.5 Å². The molecule has 288 valence electrons. The molecule has 0 heterocycles. The van der Waals surface area contributed by atoms with Gasteiger partial charge in [-0.15, -0.1) is 0 Å². The topological polar surface area (TPSA) is 186 Å². The van der Waals surface area contributed by atoms with Gasteiger partial charge in [-0.25, -0.2) is 9.59 Å². The number of rotatable bonds is 14. The van der Waals surface area contributed by atoms with Crippen molar-refractivity contribution >= 4 is 69.3 Å². The van der Waals surface area contributed by atoms with Crippen LogP contribution in [-0.4, -0.2) is 107 Å². The first-order valence-electron chi connectivity index (χ1n) is 15.2. The van der Waals surface area contributed by atoms with E-state index in [0.717, 1.165) is 34.7 Å². The van der Waals surface area contributed by atoms with E-state index in [-0.39, 0.29) is 61.6 Å². The van der Waals surface area contributed by atoms with Crippen LogP contribution in [0.15, 0.2) is 48.5 Å². The summed E-state index contributed by atoms with van der Waals surface area (Å²) in [6.07, 6.45) is 0.655. The van der Waals surface area contributed by atoms with Gasteiger partial charge in [0.25, 0.3) is 0 Å². The lowest BCUT2D eigenvalue weighted by Gasteiger charge is -2.20. The van der Waals surface area contributed by atoms with Gasteiger partial charge in [-0.2, -0.15) is 0 Å². The maximum Gasteiger partial charge on any atom is 0.372 e. The fourth-order valence-electron chi connectivity index (χ4n) is 3.94. The van der Waals surface area contributed by atoms with Crippen LogP contribution < -0.4 is 20.1 Å². The molecule has 2 N–H and O–H groups in total. The molecule has 0 unspecified atom stereocenters.